The number of rotatable bonds is 5. The Kier molecular flexibility index (Phi) is 5.72. The van der Waals surface area contributed by atoms with Crippen molar-refractivity contribution in [2.24, 2.45) is 14.1 Å². The smallest absolute Gasteiger partial charge is 0.243 e. The molecule has 0 radical (unpaired) electrons. The highest BCUT2D eigenvalue weighted by Gasteiger charge is 2.20. The molecule has 4 heterocycles. The Labute approximate surface area is 179 Å². The Hall–Kier alpha value is -1.88. The first-order chi connectivity index (χ1) is 13.6. The zero-order valence-corrected chi connectivity index (χ0v) is 19.0. The van der Waals surface area contributed by atoms with Gasteiger partial charge in [-0.25, -0.2) is 9.97 Å². The number of pyridine rings is 2. The molecule has 0 spiro atoms. The summed E-state index contributed by atoms with van der Waals surface area (Å²) in [4.78, 5) is 9.62. The van der Waals surface area contributed by atoms with Gasteiger partial charge < -0.3 is 0 Å². The lowest BCUT2D eigenvalue weighted by molar-refractivity contribution is -0.757. The lowest BCUT2D eigenvalue weighted by Gasteiger charge is -2.02. The Balaban J connectivity index is 1.71. The second-order valence-corrected chi connectivity index (χ2v) is 9.88. The lowest BCUT2D eigenvalue weighted by Crippen LogP contribution is -2.31. The van der Waals surface area contributed by atoms with E-state index in [1.54, 1.807) is 46.2 Å². The monoisotopic (exact) mass is 446 g/mol. The van der Waals surface area contributed by atoms with E-state index in [0.29, 0.717) is 0 Å². The Morgan fingerprint density at radius 1 is 0.679 bits per heavy atom. The molecule has 0 N–H and O–H groups in total. The van der Waals surface area contributed by atoms with Gasteiger partial charge in [0.1, 0.15) is 11.4 Å². The van der Waals surface area contributed by atoms with E-state index in [2.05, 4.69) is 22.7 Å². The fraction of sp³-hybridized carbons (Fsp3) is 0.222. The molecule has 0 amide bonds. The van der Waals surface area contributed by atoms with Crippen molar-refractivity contribution in [2.75, 3.05) is 12.5 Å². The predicted molar refractivity (Wildman–Crippen MR) is 116 cm³/mol. The summed E-state index contributed by atoms with van der Waals surface area (Å²) in [6.45, 7) is 0. The summed E-state index contributed by atoms with van der Waals surface area (Å²) in [5.41, 5.74) is 3.37. The molecule has 0 unspecified atom stereocenters. The molecular formula is C18H18N6S4+2. The van der Waals surface area contributed by atoms with Crippen LogP contribution in [0.3, 0.4) is 0 Å². The molecule has 0 aliphatic rings. The molecule has 6 nitrogen and oxygen atoms in total. The van der Waals surface area contributed by atoms with Crippen molar-refractivity contribution in [3.05, 3.63) is 36.4 Å². The SMILES string of the molecule is CSc1sc(-c2cccc(-c3cccc(-c4n[n+](C)c(SC)s4)n3)n2)n[n+]1C. The van der Waals surface area contributed by atoms with Gasteiger partial charge in [0.2, 0.25) is 10.0 Å². The van der Waals surface area contributed by atoms with Crippen molar-refractivity contribution in [1.82, 2.24) is 20.2 Å². The van der Waals surface area contributed by atoms with Crippen LogP contribution in [0.25, 0.3) is 32.8 Å². The summed E-state index contributed by atoms with van der Waals surface area (Å²) in [6.07, 6.45) is 4.11. The van der Waals surface area contributed by atoms with Crippen LogP contribution in [0.1, 0.15) is 0 Å². The molecule has 0 aromatic carbocycles. The Bertz CT molecular complexity index is 1050. The highest BCUT2D eigenvalue weighted by atomic mass is 32.2. The van der Waals surface area contributed by atoms with Crippen molar-refractivity contribution in [1.29, 1.82) is 0 Å². The van der Waals surface area contributed by atoms with E-state index in [1.165, 1.54) is 0 Å². The lowest BCUT2D eigenvalue weighted by atomic mass is 10.2. The molecule has 4 aromatic rings. The van der Waals surface area contributed by atoms with Gasteiger partial charge in [-0.15, -0.1) is 0 Å². The first-order valence-electron chi connectivity index (χ1n) is 8.36. The van der Waals surface area contributed by atoms with E-state index in [1.807, 2.05) is 59.9 Å². The summed E-state index contributed by atoms with van der Waals surface area (Å²) < 4.78 is 6.07. The van der Waals surface area contributed by atoms with Gasteiger partial charge in [0.25, 0.3) is 0 Å². The third kappa shape index (κ3) is 3.82. The van der Waals surface area contributed by atoms with Gasteiger partial charge in [0.05, 0.1) is 11.4 Å². The maximum absolute atomic E-state index is 4.81. The number of thioether (sulfide) groups is 2. The Morgan fingerprint density at radius 2 is 1.07 bits per heavy atom. The molecule has 0 fully saturated rings. The van der Waals surface area contributed by atoms with Crippen molar-refractivity contribution in [3.63, 3.8) is 0 Å². The minimum atomic E-state index is 0.828. The van der Waals surface area contributed by atoms with Crippen molar-refractivity contribution in [2.45, 2.75) is 8.68 Å². The van der Waals surface area contributed by atoms with Crippen LogP contribution in [0, 0.1) is 0 Å². The van der Waals surface area contributed by atoms with Gasteiger partial charge in [0.15, 0.2) is 14.1 Å². The van der Waals surface area contributed by atoms with E-state index in [-0.39, 0.29) is 0 Å². The number of hydrogen-bond donors (Lipinski definition) is 0. The van der Waals surface area contributed by atoms with Crippen LogP contribution in [0.5, 0.6) is 0 Å². The maximum Gasteiger partial charge on any atom is 0.324 e. The van der Waals surface area contributed by atoms with Gasteiger partial charge >= 0.3 is 8.68 Å². The van der Waals surface area contributed by atoms with E-state index in [4.69, 9.17) is 9.97 Å². The minimum Gasteiger partial charge on any atom is -0.243 e. The average Bonchev–Trinajstić information content (AvgIpc) is 3.30. The summed E-state index contributed by atoms with van der Waals surface area (Å²) in [5.74, 6) is 0. The van der Waals surface area contributed by atoms with Crippen LogP contribution >= 0.6 is 46.2 Å². The van der Waals surface area contributed by atoms with Gasteiger partial charge in [-0.3, -0.25) is 0 Å². The molecule has 0 aliphatic heterocycles. The topological polar surface area (TPSA) is 59.3 Å². The quantitative estimate of drug-likeness (QED) is 0.346. The molecular weight excluding hydrogens is 429 g/mol. The fourth-order valence-electron chi connectivity index (χ4n) is 2.64. The first-order valence-corrected chi connectivity index (χ1v) is 12.4. The summed E-state index contributed by atoms with van der Waals surface area (Å²) in [7, 11) is 3.91. The third-order valence-electron chi connectivity index (χ3n) is 3.93. The molecule has 4 rings (SSSR count). The van der Waals surface area contributed by atoms with E-state index < -0.39 is 0 Å². The van der Waals surface area contributed by atoms with Gasteiger partial charge in [-0.2, -0.15) is 0 Å². The van der Waals surface area contributed by atoms with Crippen molar-refractivity contribution >= 4 is 46.2 Å². The molecule has 4 aromatic heterocycles. The fourth-order valence-corrected chi connectivity index (χ4v) is 5.83. The normalized spacial score (nSPS) is 11.1. The largest absolute Gasteiger partial charge is 0.324 e. The maximum atomic E-state index is 4.81. The number of aromatic nitrogens is 6. The van der Waals surface area contributed by atoms with Crippen LogP contribution in [0.2, 0.25) is 0 Å². The summed E-state index contributed by atoms with van der Waals surface area (Å²) in [5, 5.41) is 11.0. The van der Waals surface area contributed by atoms with Gasteiger partial charge in [0, 0.05) is 10.2 Å². The molecule has 28 heavy (non-hydrogen) atoms. The summed E-state index contributed by atoms with van der Waals surface area (Å²) >= 11 is 6.65. The highest BCUT2D eigenvalue weighted by molar-refractivity contribution is 8.00. The molecule has 0 saturated heterocycles. The van der Waals surface area contributed by atoms with Crippen LogP contribution in [0.15, 0.2) is 45.1 Å². The van der Waals surface area contributed by atoms with Crippen molar-refractivity contribution < 1.29 is 9.36 Å². The molecule has 0 saturated carbocycles. The second kappa shape index (κ2) is 8.24. The highest BCUT2D eigenvalue weighted by Crippen LogP contribution is 2.29. The number of aryl methyl sites for hydroxylation is 2. The van der Waals surface area contributed by atoms with E-state index in [9.17, 15) is 0 Å². The van der Waals surface area contributed by atoms with Crippen LogP contribution < -0.4 is 9.36 Å². The summed E-state index contributed by atoms with van der Waals surface area (Å²) in [6, 6.07) is 11.9. The Morgan fingerprint density at radius 3 is 1.43 bits per heavy atom. The van der Waals surface area contributed by atoms with Crippen LogP contribution in [0.4, 0.5) is 0 Å². The zero-order valence-electron chi connectivity index (χ0n) is 15.8. The average molecular weight is 447 g/mol. The standard InChI is InChI=1S/C18H18N6S4/c1-23-17(25-3)27-15(21-23)13-9-5-7-11(19-13)12-8-6-10-14(20-12)16-22-24(2)18(26-4)28-16/h5-10H,1-4H3/q+2. The number of hydrogen-bond acceptors (Lipinski definition) is 8. The molecule has 10 heteroatoms. The molecule has 0 bridgehead atoms. The van der Waals surface area contributed by atoms with Crippen LogP contribution in [-0.4, -0.2) is 32.7 Å². The van der Waals surface area contributed by atoms with E-state index in [0.717, 1.165) is 41.5 Å². The predicted octanol–water partition coefficient (Wildman–Crippen LogP) is 3.48. The molecule has 0 atom stereocenters. The second-order valence-electron chi connectivity index (χ2n) is 5.82. The molecule has 0 aliphatic carbocycles. The van der Waals surface area contributed by atoms with E-state index >= 15 is 0 Å². The van der Waals surface area contributed by atoms with Gasteiger partial charge in [-0.1, -0.05) is 21.5 Å². The molecule has 142 valence electrons. The van der Waals surface area contributed by atoms with Crippen molar-refractivity contribution in [3.8, 4) is 32.8 Å². The first kappa shape index (κ1) is 19.4. The number of nitrogens with zero attached hydrogens (tertiary/aromatic N) is 6. The van der Waals surface area contributed by atoms with Gasteiger partial charge in [-0.05, 0) is 83.0 Å². The third-order valence-corrected chi connectivity index (χ3v) is 8.50. The van der Waals surface area contributed by atoms with Crippen LogP contribution in [-0.2, 0) is 14.1 Å². The zero-order chi connectivity index (χ0) is 19.7. The minimum absolute atomic E-state index is 0.828.